The lowest BCUT2D eigenvalue weighted by molar-refractivity contribution is -0.166. The van der Waals surface area contributed by atoms with Crippen molar-refractivity contribution in [1.82, 2.24) is 0 Å². The third-order valence-electron chi connectivity index (χ3n) is 7.16. The maximum absolute atomic E-state index is 12.5. The van der Waals surface area contributed by atoms with Crippen LogP contribution in [0.5, 0.6) is 0 Å². The monoisotopic (exact) mass is 678 g/mol. The van der Waals surface area contributed by atoms with Gasteiger partial charge in [-0.2, -0.15) is 0 Å². The molecule has 0 aliphatic heterocycles. The highest BCUT2D eigenvalue weighted by Gasteiger charge is 2.19. The number of carbonyl (C=O) groups excluding carboxylic acids is 3. The Balaban J connectivity index is 4.55. The Labute approximate surface area is 298 Å². The van der Waals surface area contributed by atoms with Crippen LogP contribution in [0.25, 0.3) is 0 Å². The van der Waals surface area contributed by atoms with E-state index >= 15 is 0 Å². The molecule has 0 bridgehead atoms. The summed E-state index contributed by atoms with van der Waals surface area (Å²) in [6, 6.07) is 0. The van der Waals surface area contributed by atoms with Gasteiger partial charge in [0.1, 0.15) is 13.2 Å². The highest BCUT2D eigenvalue weighted by atomic mass is 16.6. The zero-order chi connectivity index (χ0) is 35.9. The van der Waals surface area contributed by atoms with Crippen LogP contribution in [-0.2, 0) is 28.6 Å². The lowest BCUT2D eigenvalue weighted by atomic mass is 10.1. The van der Waals surface area contributed by atoms with Crippen LogP contribution in [0.1, 0.15) is 136 Å². The molecule has 0 amide bonds. The van der Waals surface area contributed by atoms with Gasteiger partial charge in [0.15, 0.2) is 6.10 Å². The van der Waals surface area contributed by atoms with E-state index in [0.29, 0.717) is 19.3 Å². The van der Waals surface area contributed by atoms with Gasteiger partial charge in [-0.25, -0.2) is 0 Å². The minimum Gasteiger partial charge on any atom is -0.462 e. The molecule has 0 saturated heterocycles. The molecule has 0 aromatic heterocycles. The van der Waals surface area contributed by atoms with Crippen LogP contribution in [-0.4, -0.2) is 37.2 Å². The molecular formula is C43H66O6. The fraction of sp³-hybridized carbons (Fsp3) is 0.558. The van der Waals surface area contributed by atoms with Crippen molar-refractivity contribution in [2.24, 2.45) is 0 Å². The van der Waals surface area contributed by atoms with Gasteiger partial charge in [-0.3, -0.25) is 14.4 Å². The topological polar surface area (TPSA) is 78.9 Å². The first-order valence-corrected chi connectivity index (χ1v) is 18.8. The Morgan fingerprint density at radius 2 is 0.898 bits per heavy atom. The van der Waals surface area contributed by atoms with Crippen molar-refractivity contribution in [3.8, 4) is 0 Å². The molecule has 0 fully saturated rings. The predicted molar refractivity (Wildman–Crippen MR) is 205 cm³/mol. The Kier molecular flexibility index (Phi) is 34.4. The maximum atomic E-state index is 12.5. The van der Waals surface area contributed by atoms with E-state index in [0.717, 1.165) is 89.9 Å². The van der Waals surface area contributed by atoms with E-state index in [-0.39, 0.29) is 31.6 Å². The van der Waals surface area contributed by atoms with Crippen LogP contribution < -0.4 is 0 Å². The van der Waals surface area contributed by atoms with Gasteiger partial charge in [-0.05, 0) is 77.0 Å². The number of allylic oxidation sites excluding steroid dienone is 15. The largest absolute Gasteiger partial charge is 0.462 e. The van der Waals surface area contributed by atoms with Crippen molar-refractivity contribution in [2.75, 3.05) is 13.2 Å². The van der Waals surface area contributed by atoms with Crippen LogP contribution in [0, 0.1) is 0 Å². The lowest BCUT2D eigenvalue weighted by Gasteiger charge is -2.18. The molecule has 6 nitrogen and oxygen atoms in total. The third-order valence-corrected chi connectivity index (χ3v) is 7.16. The minimum absolute atomic E-state index is 0.0898. The summed E-state index contributed by atoms with van der Waals surface area (Å²) in [6.45, 7) is 6.06. The number of ether oxygens (including phenoxy) is 3. The molecule has 0 rings (SSSR count). The molecule has 49 heavy (non-hydrogen) atoms. The second-order valence-electron chi connectivity index (χ2n) is 11.8. The minimum atomic E-state index is -0.844. The highest BCUT2D eigenvalue weighted by molar-refractivity contribution is 5.72. The molecule has 0 radical (unpaired) electrons. The molecule has 0 aliphatic carbocycles. The van der Waals surface area contributed by atoms with E-state index < -0.39 is 12.1 Å². The van der Waals surface area contributed by atoms with Crippen molar-refractivity contribution in [3.63, 3.8) is 0 Å². The van der Waals surface area contributed by atoms with E-state index in [9.17, 15) is 14.4 Å². The Bertz CT molecular complexity index is 1060. The van der Waals surface area contributed by atoms with E-state index in [1.165, 1.54) is 0 Å². The first kappa shape index (κ1) is 45.3. The molecule has 1 unspecified atom stereocenters. The summed E-state index contributed by atoms with van der Waals surface area (Å²) in [4.78, 5) is 37.3. The molecule has 0 aromatic carbocycles. The number of unbranched alkanes of at least 4 members (excludes halogenated alkanes) is 7. The molecule has 0 N–H and O–H groups in total. The Morgan fingerprint density at radius 1 is 0.449 bits per heavy atom. The molecule has 1 atom stereocenters. The molecule has 0 spiro atoms. The summed E-state index contributed by atoms with van der Waals surface area (Å²) < 4.78 is 16.4. The molecule has 0 heterocycles. The standard InChI is InChI=1S/C43H66O6/c1-4-7-10-13-16-19-20-21-22-25-27-30-33-36-42(45)48-39-40(49-43(46)37-34-31-28-24-18-15-12-9-6-3)38-47-41(44)35-32-29-26-23-17-14-11-8-5-2/h7-13,16-20,23-24,31,34,40H,4-6,14-15,21-22,25-30,32-33,35-39H2,1-3H3/b10-7-,11-8-,12-9-,16-13-,20-19-,23-17-,24-18-,34-31-. The predicted octanol–water partition coefficient (Wildman–Crippen LogP) is 11.5. The lowest BCUT2D eigenvalue weighted by Crippen LogP contribution is -2.30. The number of rotatable bonds is 31. The van der Waals surface area contributed by atoms with Gasteiger partial charge in [0.05, 0.1) is 6.42 Å². The van der Waals surface area contributed by atoms with Crippen molar-refractivity contribution in [2.45, 2.75) is 142 Å². The first-order valence-electron chi connectivity index (χ1n) is 18.8. The zero-order valence-corrected chi connectivity index (χ0v) is 30.9. The van der Waals surface area contributed by atoms with E-state index in [4.69, 9.17) is 14.2 Å². The molecule has 0 aromatic rings. The van der Waals surface area contributed by atoms with Crippen LogP contribution >= 0.6 is 0 Å². The summed E-state index contributed by atoms with van der Waals surface area (Å²) in [7, 11) is 0. The third kappa shape index (κ3) is 35.5. The first-order chi connectivity index (χ1) is 24.0. The van der Waals surface area contributed by atoms with Crippen LogP contribution in [0.3, 0.4) is 0 Å². The van der Waals surface area contributed by atoms with Crippen molar-refractivity contribution < 1.29 is 28.6 Å². The van der Waals surface area contributed by atoms with Crippen LogP contribution in [0.15, 0.2) is 97.2 Å². The van der Waals surface area contributed by atoms with E-state index in [1.807, 2.05) is 18.2 Å². The molecule has 0 aliphatic rings. The summed E-state index contributed by atoms with van der Waals surface area (Å²) in [5, 5.41) is 0. The van der Waals surface area contributed by atoms with Gasteiger partial charge in [-0.1, -0.05) is 137 Å². The van der Waals surface area contributed by atoms with Crippen molar-refractivity contribution in [1.29, 1.82) is 0 Å². The average molecular weight is 679 g/mol. The Morgan fingerprint density at radius 3 is 1.51 bits per heavy atom. The molecule has 6 heteroatoms. The average Bonchev–Trinajstić information content (AvgIpc) is 3.10. The maximum Gasteiger partial charge on any atom is 0.310 e. The normalized spacial score (nSPS) is 13.1. The van der Waals surface area contributed by atoms with Gasteiger partial charge >= 0.3 is 17.9 Å². The van der Waals surface area contributed by atoms with Gasteiger partial charge in [-0.15, -0.1) is 0 Å². The zero-order valence-electron chi connectivity index (χ0n) is 30.9. The van der Waals surface area contributed by atoms with Crippen molar-refractivity contribution in [3.05, 3.63) is 97.2 Å². The quantitative estimate of drug-likeness (QED) is 0.0239. The van der Waals surface area contributed by atoms with Crippen LogP contribution in [0.2, 0.25) is 0 Å². The van der Waals surface area contributed by atoms with E-state index in [2.05, 4.69) is 93.7 Å². The fourth-order valence-corrected chi connectivity index (χ4v) is 4.42. The SMILES string of the molecule is CC\C=C/C=C\C=C/CCCCCCCC(=O)OCC(COC(=O)CCCC/C=C\C/C=C\CC)OC(=O)C/C=C\C/C=C\C/C=C\CC. The molecule has 0 saturated carbocycles. The summed E-state index contributed by atoms with van der Waals surface area (Å²) >= 11 is 0. The Hall–Kier alpha value is -3.67. The smallest absolute Gasteiger partial charge is 0.310 e. The number of carbonyl (C=O) groups is 3. The number of hydrogen-bond donors (Lipinski definition) is 0. The van der Waals surface area contributed by atoms with Gasteiger partial charge < -0.3 is 14.2 Å². The highest BCUT2D eigenvalue weighted by Crippen LogP contribution is 2.10. The summed E-state index contributed by atoms with van der Waals surface area (Å²) in [5.74, 6) is -1.14. The molecule has 274 valence electrons. The van der Waals surface area contributed by atoms with Gasteiger partial charge in [0, 0.05) is 12.8 Å². The number of esters is 3. The van der Waals surface area contributed by atoms with Crippen LogP contribution in [0.4, 0.5) is 0 Å². The van der Waals surface area contributed by atoms with Gasteiger partial charge in [0.2, 0.25) is 0 Å². The second-order valence-corrected chi connectivity index (χ2v) is 11.8. The van der Waals surface area contributed by atoms with E-state index in [1.54, 1.807) is 6.08 Å². The van der Waals surface area contributed by atoms with Gasteiger partial charge in [0.25, 0.3) is 0 Å². The fourth-order valence-electron chi connectivity index (χ4n) is 4.42. The second kappa shape index (κ2) is 37.2. The summed E-state index contributed by atoms with van der Waals surface area (Å²) in [6.07, 6.45) is 47.3. The number of hydrogen-bond acceptors (Lipinski definition) is 6. The van der Waals surface area contributed by atoms with Crippen molar-refractivity contribution >= 4 is 17.9 Å². The molecular weight excluding hydrogens is 612 g/mol. The summed E-state index contributed by atoms with van der Waals surface area (Å²) in [5.41, 5.74) is 0.